The van der Waals surface area contributed by atoms with Crippen molar-refractivity contribution in [1.82, 2.24) is 10.2 Å². The quantitative estimate of drug-likeness (QED) is 0.0236. The number of carbonyl (C=O) groups is 4. The van der Waals surface area contributed by atoms with Crippen LogP contribution >= 0.6 is 65.6 Å². The van der Waals surface area contributed by atoms with Crippen molar-refractivity contribution in [1.29, 1.82) is 0 Å². The number of nitro benzene ring substituents is 1. The van der Waals surface area contributed by atoms with Gasteiger partial charge in [0.1, 0.15) is 48.1 Å². The van der Waals surface area contributed by atoms with Crippen molar-refractivity contribution >= 4 is 112 Å². The molecular weight excluding hydrogens is 1090 g/mol. The largest absolute Gasteiger partial charge is 0.778 e. The van der Waals surface area contributed by atoms with Gasteiger partial charge in [0.05, 0.1) is 79.8 Å². The van der Waals surface area contributed by atoms with Gasteiger partial charge in [0.15, 0.2) is 4.84 Å². The number of nitro groups is 1. The number of rotatable bonds is 16. The maximum atomic E-state index is 12.2. The van der Waals surface area contributed by atoms with E-state index in [1.807, 2.05) is 37.4 Å². The Bertz CT molecular complexity index is 2430. The number of benzene rings is 3. The number of nitrogens with one attached hydrogen (secondary N) is 1. The third-order valence-electron chi connectivity index (χ3n) is 9.20. The molecule has 26 heteroatoms. The lowest BCUT2D eigenvalue weighted by Gasteiger charge is -2.31. The molecule has 1 aliphatic heterocycles. The molecule has 5 rings (SSSR count). The van der Waals surface area contributed by atoms with Crippen LogP contribution in [0, 0.1) is 17.0 Å². The summed E-state index contributed by atoms with van der Waals surface area (Å²) >= 11 is 28.7. The third kappa shape index (κ3) is 22.9. The van der Waals surface area contributed by atoms with Crippen LogP contribution in [0.25, 0.3) is 0 Å². The van der Waals surface area contributed by atoms with Crippen LogP contribution in [0.5, 0.6) is 11.5 Å². The topological polar surface area (TPSA) is 261 Å². The van der Waals surface area contributed by atoms with E-state index in [2.05, 4.69) is 36.5 Å². The minimum atomic E-state index is -4.35. The summed E-state index contributed by atoms with van der Waals surface area (Å²) in [6, 6.07) is 18.0. The Labute approximate surface area is 446 Å². The average Bonchev–Trinajstić information content (AvgIpc) is 3.95. The number of methoxy groups -OCH3 is 2. The van der Waals surface area contributed by atoms with Crippen molar-refractivity contribution in [2.45, 2.75) is 63.7 Å². The SMILES string of the molecule is CC1(C)OC(c2ccco2)CN1C(=O)C(Cl)Cl.CCc1cccc(C)c1N(C(=O)CCl)C(C)COC.COC(=O)c1cc(Oc2ccc(Cl)cc2Cl)ccc1[N+](=O)[O-].C[S+](C)C.O=C(O)CNCP(=O)([O-])O. The molecule has 3 N–H and O–H groups in total. The van der Waals surface area contributed by atoms with Crippen LogP contribution in [0.3, 0.4) is 0 Å². The van der Waals surface area contributed by atoms with E-state index < -0.39 is 47.8 Å². The molecule has 1 aromatic heterocycles. The zero-order valence-corrected chi connectivity index (χ0v) is 46.7. The van der Waals surface area contributed by atoms with Crippen molar-refractivity contribution in [3.8, 4) is 11.5 Å². The molecule has 19 nitrogen and oxygen atoms in total. The number of aryl methyl sites for hydroxylation is 2. The number of aliphatic carboxylic acids is 1. The number of para-hydroxylation sites is 1. The van der Waals surface area contributed by atoms with Gasteiger partial charge in [-0.1, -0.05) is 71.5 Å². The zero-order valence-electron chi connectivity index (χ0n) is 41.2. The lowest BCUT2D eigenvalue weighted by molar-refractivity contribution is -0.385. The van der Waals surface area contributed by atoms with E-state index in [0.717, 1.165) is 36.4 Å². The number of alkyl halides is 3. The summed E-state index contributed by atoms with van der Waals surface area (Å²) in [5, 5.41) is 21.6. The molecule has 0 bridgehead atoms. The minimum Gasteiger partial charge on any atom is -0.778 e. The van der Waals surface area contributed by atoms with Crippen LogP contribution in [0.1, 0.15) is 61.0 Å². The lowest BCUT2D eigenvalue weighted by Crippen LogP contribution is -2.45. The minimum absolute atomic E-state index is 0.0223. The summed E-state index contributed by atoms with van der Waals surface area (Å²) in [5.74, 6) is -1.28. The number of hydrogen-bond acceptors (Lipinski definition) is 14. The Hall–Kier alpha value is -4.15. The summed E-state index contributed by atoms with van der Waals surface area (Å²) in [6.45, 7) is 10.1. The zero-order chi connectivity index (χ0) is 55.1. The molecule has 0 spiro atoms. The van der Waals surface area contributed by atoms with Crippen LogP contribution in [0.4, 0.5) is 11.4 Å². The highest BCUT2D eigenvalue weighted by Crippen LogP contribution is 2.37. The molecule has 2 heterocycles. The predicted molar refractivity (Wildman–Crippen MR) is 280 cm³/mol. The van der Waals surface area contributed by atoms with Gasteiger partial charge in [-0.2, -0.15) is 0 Å². The van der Waals surface area contributed by atoms with Crippen LogP contribution < -0.4 is 19.8 Å². The highest BCUT2D eigenvalue weighted by molar-refractivity contribution is 7.94. The van der Waals surface area contributed by atoms with Crippen LogP contribution in [-0.2, 0) is 50.5 Å². The number of esters is 1. The first kappa shape index (κ1) is 65.9. The molecule has 4 aromatic rings. The monoisotopic (exact) mass is 1150 g/mol. The van der Waals surface area contributed by atoms with E-state index >= 15 is 0 Å². The first-order valence-corrected chi connectivity index (χ1v) is 27.6. The number of halogens is 5. The van der Waals surface area contributed by atoms with E-state index in [1.54, 1.807) is 50.3 Å². The summed E-state index contributed by atoms with van der Waals surface area (Å²) in [4.78, 5) is 75.9. The van der Waals surface area contributed by atoms with Crippen LogP contribution in [0.2, 0.25) is 10.0 Å². The Morgan fingerprint density at radius 3 is 2.18 bits per heavy atom. The van der Waals surface area contributed by atoms with Crippen molar-refractivity contribution in [3.05, 3.63) is 116 Å². The van der Waals surface area contributed by atoms with E-state index in [-0.39, 0.29) is 51.9 Å². The highest BCUT2D eigenvalue weighted by atomic mass is 35.5. The molecule has 0 saturated carbocycles. The van der Waals surface area contributed by atoms with Gasteiger partial charge in [-0.05, 0) is 92.5 Å². The second kappa shape index (κ2) is 32.2. The Morgan fingerprint density at radius 1 is 1.06 bits per heavy atom. The van der Waals surface area contributed by atoms with E-state index in [1.165, 1.54) is 23.1 Å². The van der Waals surface area contributed by atoms with Gasteiger partial charge in [0, 0.05) is 24.3 Å². The fourth-order valence-corrected chi connectivity index (χ4v) is 7.46. The molecule has 0 aliphatic carbocycles. The molecule has 1 aliphatic rings. The number of nitrogens with zero attached hydrogens (tertiary/aromatic N) is 3. The fourth-order valence-electron chi connectivity index (χ4n) is 6.25. The molecule has 3 atom stereocenters. The second-order valence-corrected chi connectivity index (χ2v) is 22.1. The van der Waals surface area contributed by atoms with Gasteiger partial charge in [-0.25, -0.2) is 4.79 Å². The van der Waals surface area contributed by atoms with Crippen molar-refractivity contribution < 1.29 is 66.9 Å². The van der Waals surface area contributed by atoms with Crippen molar-refractivity contribution in [2.24, 2.45) is 0 Å². The van der Waals surface area contributed by atoms with Crippen LogP contribution in [-0.4, -0.2) is 125 Å². The van der Waals surface area contributed by atoms with E-state index in [4.69, 9.17) is 86.6 Å². The van der Waals surface area contributed by atoms with Crippen molar-refractivity contribution in [2.75, 3.05) is 69.7 Å². The molecule has 2 amide bonds. The molecule has 1 fully saturated rings. The Balaban J connectivity index is 0.000000481. The molecule has 72 heavy (non-hydrogen) atoms. The van der Waals surface area contributed by atoms with Crippen LogP contribution in [0.15, 0.2) is 77.4 Å². The fraction of sp³-hybridized carbons (Fsp3) is 0.435. The normalized spacial score (nSPS) is 14.6. The standard InChI is InChI=1S/C15H22ClNO2.C14H9Cl2NO5.C11H13Cl2NO3.C3H8NO5P.C3H9S/c1-5-13-8-6-7-11(2)15(13)17(14(18)9-16)12(3)10-19-4;1-21-14(18)10-7-9(3-4-12(10)17(19)20)22-13-5-2-8(15)6-11(13)16;1-11(2)14(10(15)9(12)13)6-8(17-11)7-4-3-5-16-7;5-3(6)1-4-2-10(7,8)9;1-4(2)3/h6-8,12H,5,9-10H2,1-4H3;2-7H,1H3;3-5,8-9H,6H2,1-2H3;4H,1-2H2,(H,5,6)(H2,7,8,9);1-3H3/q;;;;+1/p-1. The average molecular weight is 1150 g/mol. The summed E-state index contributed by atoms with van der Waals surface area (Å²) in [7, 11) is -0.936. The molecule has 3 aromatic carbocycles. The summed E-state index contributed by atoms with van der Waals surface area (Å²) in [5.41, 5.74) is 1.88. The van der Waals surface area contributed by atoms with Gasteiger partial charge >= 0.3 is 11.9 Å². The summed E-state index contributed by atoms with van der Waals surface area (Å²) < 4.78 is 36.2. The van der Waals surface area contributed by atoms with Gasteiger partial charge in [-0.15, -0.1) is 11.6 Å². The number of furan rings is 1. The molecular formula is C46H60Cl5N4O15PS. The lowest BCUT2D eigenvalue weighted by atomic mass is 10.0. The van der Waals surface area contributed by atoms with E-state index in [0.29, 0.717) is 40.6 Å². The highest BCUT2D eigenvalue weighted by Gasteiger charge is 2.45. The van der Waals surface area contributed by atoms with Gasteiger partial charge in [0.2, 0.25) is 5.91 Å². The number of hydrogen-bond donors (Lipinski definition) is 3. The van der Waals surface area contributed by atoms with E-state index in [9.17, 15) is 38.8 Å². The predicted octanol–water partition coefficient (Wildman–Crippen LogP) is 9.02. The van der Waals surface area contributed by atoms with Gasteiger partial charge < -0.3 is 52.6 Å². The number of anilines is 1. The molecule has 1 saturated heterocycles. The maximum Gasteiger partial charge on any atom is 0.345 e. The first-order chi connectivity index (χ1) is 33.5. The first-order valence-electron chi connectivity index (χ1n) is 21.3. The smallest absolute Gasteiger partial charge is 0.345 e. The van der Waals surface area contributed by atoms with Gasteiger partial charge in [-0.3, -0.25) is 29.8 Å². The number of amides is 2. The Morgan fingerprint density at radius 2 is 1.69 bits per heavy atom. The number of carbonyl (C=O) groups excluding carboxylic acids is 3. The number of carboxylic acid groups (broad SMARTS) is 1. The Kier molecular flexibility index (Phi) is 29.5. The number of carboxylic acids is 1. The van der Waals surface area contributed by atoms with Crippen molar-refractivity contribution in [3.63, 3.8) is 0 Å². The molecule has 400 valence electrons. The molecule has 3 unspecified atom stereocenters. The molecule has 0 radical (unpaired) electrons. The second-order valence-electron chi connectivity index (χ2n) is 15.9. The third-order valence-corrected chi connectivity index (χ3v) is 11.0. The summed E-state index contributed by atoms with van der Waals surface area (Å²) in [6.07, 6.45) is 8.04. The van der Waals surface area contributed by atoms with Gasteiger partial charge in [0.25, 0.3) is 11.6 Å². The number of ether oxygens (including phenoxy) is 4. The maximum absolute atomic E-state index is 12.2.